The smallest absolute Gasteiger partial charge is 0.262 e. The third-order valence-electron chi connectivity index (χ3n) is 2.16. The van der Waals surface area contributed by atoms with Crippen LogP contribution in [0.5, 0.6) is 0 Å². The number of hydrogen-bond acceptors (Lipinski definition) is 4. The van der Waals surface area contributed by atoms with Crippen LogP contribution in [0.25, 0.3) is 0 Å². The van der Waals surface area contributed by atoms with E-state index in [1.807, 2.05) is 0 Å². The van der Waals surface area contributed by atoms with Crippen molar-refractivity contribution in [3.63, 3.8) is 0 Å². The minimum Gasteiger partial charge on any atom is -0.384 e. The van der Waals surface area contributed by atoms with Crippen molar-refractivity contribution in [1.29, 1.82) is 0 Å². The topological polar surface area (TPSA) is 92.4 Å². The van der Waals surface area contributed by atoms with Gasteiger partial charge < -0.3 is 16.2 Å². The average Bonchev–Trinajstić information content (AvgIpc) is 2.74. The molecule has 0 fully saturated rings. The number of rotatable bonds is 3. The SMILES string of the molecule is CC(C)(NC(=O)c1ccc(C#CCO)s1)C(N)=O. The minimum atomic E-state index is -1.10. The molecular formula is C12H14N2O3S. The second kappa shape index (κ2) is 5.67. The predicted molar refractivity (Wildman–Crippen MR) is 69.0 cm³/mol. The normalized spacial score (nSPS) is 10.4. The summed E-state index contributed by atoms with van der Waals surface area (Å²) in [5.41, 5.74) is 4.07. The number of aliphatic hydroxyl groups excluding tert-OH is 1. The highest BCUT2D eigenvalue weighted by molar-refractivity contribution is 7.14. The Labute approximate surface area is 109 Å². The number of nitrogens with two attached hydrogens (primary N) is 1. The first-order valence-electron chi connectivity index (χ1n) is 5.19. The Kier molecular flexibility index (Phi) is 4.48. The Balaban J connectivity index is 2.80. The quantitative estimate of drug-likeness (QED) is 0.677. The van der Waals surface area contributed by atoms with E-state index in [4.69, 9.17) is 10.8 Å². The standard InChI is InChI=1S/C12H14N2O3S/c1-12(2,11(13)17)14-10(16)9-6-5-8(18-9)4-3-7-15/h5-6,15H,7H2,1-2H3,(H2,13,17)(H,14,16). The zero-order chi connectivity index (χ0) is 13.8. The van der Waals surface area contributed by atoms with Gasteiger partial charge in [-0.05, 0) is 26.0 Å². The van der Waals surface area contributed by atoms with E-state index in [-0.39, 0.29) is 12.5 Å². The third kappa shape index (κ3) is 3.58. The molecule has 18 heavy (non-hydrogen) atoms. The molecular weight excluding hydrogens is 252 g/mol. The highest BCUT2D eigenvalue weighted by Crippen LogP contribution is 2.16. The van der Waals surface area contributed by atoms with Crippen molar-refractivity contribution in [2.45, 2.75) is 19.4 Å². The van der Waals surface area contributed by atoms with Gasteiger partial charge >= 0.3 is 0 Å². The molecule has 0 unspecified atom stereocenters. The van der Waals surface area contributed by atoms with E-state index >= 15 is 0 Å². The molecule has 1 aromatic heterocycles. The van der Waals surface area contributed by atoms with E-state index in [1.165, 1.54) is 25.2 Å². The fourth-order valence-electron chi connectivity index (χ4n) is 1.06. The van der Waals surface area contributed by atoms with Crippen molar-refractivity contribution in [3.8, 4) is 11.8 Å². The average molecular weight is 266 g/mol. The van der Waals surface area contributed by atoms with E-state index in [0.29, 0.717) is 9.75 Å². The first-order chi connectivity index (χ1) is 8.36. The van der Waals surface area contributed by atoms with Crippen molar-refractivity contribution in [2.75, 3.05) is 6.61 Å². The summed E-state index contributed by atoms with van der Waals surface area (Å²) < 4.78 is 0. The molecule has 0 atom stereocenters. The van der Waals surface area contributed by atoms with Crippen molar-refractivity contribution < 1.29 is 14.7 Å². The first-order valence-corrected chi connectivity index (χ1v) is 6.00. The van der Waals surface area contributed by atoms with Crippen molar-refractivity contribution in [1.82, 2.24) is 5.32 Å². The van der Waals surface area contributed by atoms with Gasteiger partial charge in [0.2, 0.25) is 5.91 Å². The molecule has 5 nitrogen and oxygen atoms in total. The van der Waals surface area contributed by atoms with Crippen LogP contribution in [-0.2, 0) is 4.79 Å². The molecule has 0 aliphatic carbocycles. The number of amides is 2. The van der Waals surface area contributed by atoms with Gasteiger partial charge in [0.15, 0.2) is 0 Å². The van der Waals surface area contributed by atoms with Gasteiger partial charge in [-0.1, -0.05) is 11.8 Å². The van der Waals surface area contributed by atoms with Crippen LogP contribution in [0.15, 0.2) is 12.1 Å². The van der Waals surface area contributed by atoms with E-state index in [2.05, 4.69) is 17.2 Å². The first kappa shape index (κ1) is 14.2. The second-order valence-electron chi connectivity index (χ2n) is 4.07. The summed E-state index contributed by atoms with van der Waals surface area (Å²) in [7, 11) is 0. The maximum Gasteiger partial charge on any atom is 0.262 e. The molecule has 96 valence electrons. The number of carbonyl (C=O) groups is 2. The van der Waals surface area contributed by atoms with Gasteiger partial charge in [0.1, 0.15) is 12.1 Å². The van der Waals surface area contributed by atoms with E-state index in [9.17, 15) is 9.59 Å². The molecule has 2 amide bonds. The number of aliphatic hydroxyl groups is 1. The van der Waals surface area contributed by atoms with Gasteiger partial charge in [-0.25, -0.2) is 0 Å². The lowest BCUT2D eigenvalue weighted by Crippen LogP contribution is -2.52. The maximum atomic E-state index is 11.8. The van der Waals surface area contributed by atoms with Gasteiger partial charge in [0.25, 0.3) is 5.91 Å². The van der Waals surface area contributed by atoms with Crippen LogP contribution in [0.4, 0.5) is 0 Å². The van der Waals surface area contributed by atoms with Gasteiger partial charge in [-0.2, -0.15) is 0 Å². The summed E-state index contributed by atoms with van der Waals surface area (Å²) in [5, 5.41) is 11.1. The van der Waals surface area contributed by atoms with Gasteiger partial charge in [0, 0.05) is 0 Å². The van der Waals surface area contributed by atoms with E-state index < -0.39 is 11.4 Å². The monoisotopic (exact) mass is 266 g/mol. The molecule has 0 saturated heterocycles. The molecule has 1 heterocycles. The number of primary amides is 1. The Bertz CT molecular complexity index is 523. The predicted octanol–water partition coefficient (Wildman–Crippen LogP) is 0.0856. The summed E-state index contributed by atoms with van der Waals surface area (Å²) >= 11 is 1.18. The molecule has 0 aliphatic heterocycles. The second-order valence-corrected chi connectivity index (χ2v) is 5.15. The lowest BCUT2D eigenvalue weighted by atomic mass is 10.1. The largest absolute Gasteiger partial charge is 0.384 e. The van der Waals surface area contributed by atoms with Crippen LogP contribution in [-0.4, -0.2) is 29.1 Å². The zero-order valence-electron chi connectivity index (χ0n) is 10.1. The van der Waals surface area contributed by atoms with Gasteiger partial charge in [-0.15, -0.1) is 11.3 Å². The van der Waals surface area contributed by atoms with Crippen LogP contribution in [0.3, 0.4) is 0 Å². The molecule has 0 bridgehead atoms. The molecule has 1 rings (SSSR count). The van der Waals surface area contributed by atoms with Gasteiger partial charge in [-0.3, -0.25) is 9.59 Å². The minimum absolute atomic E-state index is 0.228. The molecule has 0 aromatic carbocycles. The summed E-state index contributed by atoms with van der Waals surface area (Å²) in [6.45, 7) is 2.84. The van der Waals surface area contributed by atoms with Crippen molar-refractivity contribution >= 4 is 23.2 Å². The molecule has 0 spiro atoms. The highest BCUT2D eigenvalue weighted by atomic mass is 32.1. The summed E-state index contributed by atoms with van der Waals surface area (Å²) in [6, 6.07) is 3.29. The van der Waals surface area contributed by atoms with Crippen LogP contribution >= 0.6 is 11.3 Å². The lowest BCUT2D eigenvalue weighted by molar-refractivity contribution is -0.122. The summed E-state index contributed by atoms with van der Waals surface area (Å²) in [5.74, 6) is 4.22. The molecule has 4 N–H and O–H groups in total. The summed E-state index contributed by atoms with van der Waals surface area (Å²) in [4.78, 5) is 24.0. The molecule has 1 aromatic rings. The highest BCUT2D eigenvalue weighted by Gasteiger charge is 2.27. The van der Waals surface area contributed by atoms with Crippen LogP contribution < -0.4 is 11.1 Å². The molecule has 0 radical (unpaired) electrons. The molecule has 0 saturated carbocycles. The Hall–Kier alpha value is -1.84. The number of hydrogen-bond donors (Lipinski definition) is 3. The third-order valence-corrected chi connectivity index (χ3v) is 3.16. The van der Waals surface area contributed by atoms with E-state index in [1.54, 1.807) is 12.1 Å². The van der Waals surface area contributed by atoms with Crippen LogP contribution in [0.1, 0.15) is 28.4 Å². The Morgan fingerprint density at radius 1 is 1.50 bits per heavy atom. The lowest BCUT2D eigenvalue weighted by Gasteiger charge is -2.21. The fourth-order valence-corrected chi connectivity index (χ4v) is 1.84. The van der Waals surface area contributed by atoms with Crippen molar-refractivity contribution in [3.05, 3.63) is 21.9 Å². The zero-order valence-corrected chi connectivity index (χ0v) is 10.9. The van der Waals surface area contributed by atoms with E-state index in [0.717, 1.165) is 0 Å². The summed E-state index contributed by atoms with van der Waals surface area (Å²) in [6.07, 6.45) is 0. The fraction of sp³-hybridized carbons (Fsp3) is 0.333. The Morgan fingerprint density at radius 2 is 2.17 bits per heavy atom. The van der Waals surface area contributed by atoms with Gasteiger partial charge in [0.05, 0.1) is 9.75 Å². The number of nitrogens with one attached hydrogen (secondary N) is 1. The van der Waals surface area contributed by atoms with Crippen LogP contribution in [0, 0.1) is 11.8 Å². The Morgan fingerprint density at radius 3 is 2.72 bits per heavy atom. The molecule has 6 heteroatoms. The number of thiophene rings is 1. The maximum absolute atomic E-state index is 11.8. The molecule has 0 aliphatic rings. The van der Waals surface area contributed by atoms with Crippen LogP contribution in [0.2, 0.25) is 0 Å². The van der Waals surface area contributed by atoms with Crippen molar-refractivity contribution in [2.24, 2.45) is 5.73 Å². The number of carbonyl (C=O) groups excluding carboxylic acids is 2.